The molecule has 0 aliphatic rings. The molecule has 0 N–H and O–H groups in total. The van der Waals surface area contributed by atoms with Crippen LogP contribution in [0.25, 0.3) is 22.9 Å². The van der Waals surface area contributed by atoms with Gasteiger partial charge in [-0.1, -0.05) is 33.8 Å². The van der Waals surface area contributed by atoms with Crippen LogP contribution < -0.4 is 4.74 Å². The monoisotopic (exact) mass is 443 g/mol. The number of methoxy groups -OCH3 is 1. The van der Waals surface area contributed by atoms with Crippen LogP contribution >= 0.6 is 27.7 Å². The van der Waals surface area contributed by atoms with Crippen molar-refractivity contribution in [2.24, 2.45) is 0 Å². The quantitative estimate of drug-likeness (QED) is 0.366. The van der Waals surface area contributed by atoms with E-state index in [-0.39, 0.29) is 0 Å². The standard InChI is InChI=1S/C19H14BrN3O3S/c1-24-16-7-5-12(6-8-16)17-21-15(10-25-17)11-27-19-23-22-18(26-19)13-3-2-4-14(20)9-13/h2-10H,11H2,1H3. The Morgan fingerprint density at radius 2 is 1.89 bits per heavy atom. The summed E-state index contributed by atoms with van der Waals surface area (Å²) in [4.78, 5) is 4.50. The van der Waals surface area contributed by atoms with E-state index in [9.17, 15) is 0 Å². The van der Waals surface area contributed by atoms with Crippen molar-refractivity contribution < 1.29 is 13.6 Å². The molecular formula is C19H14BrN3O3S. The Morgan fingerprint density at radius 3 is 2.67 bits per heavy atom. The lowest BCUT2D eigenvalue weighted by molar-refractivity contribution is 0.415. The number of hydrogen-bond acceptors (Lipinski definition) is 7. The van der Waals surface area contributed by atoms with Gasteiger partial charge in [-0.25, -0.2) is 4.98 Å². The second kappa shape index (κ2) is 7.98. The number of hydrogen-bond donors (Lipinski definition) is 0. The molecule has 0 radical (unpaired) electrons. The van der Waals surface area contributed by atoms with E-state index in [4.69, 9.17) is 13.6 Å². The molecule has 0 unspecified atom stereocenters. The molecule has 27 heavy (non-hydrogen) atoms. The smallest absolute Gasteiger partial charge is 0.277 e. The summed E-state index contributed by atoms with van der Waals surface area (Å²) in [6, 6.07) is 15.3. The molecule has 4 aromatic rings. The predicted molar refractivity (Wildman–Crippen MR) is 105 cm³/mol. The molecule has 0 aliphatic carbocycles. The van der Waals surface area contributed by atoms with Crippen LogP contribution in [0.5, 0.6) is 5.75 Å². The molecule has 136 valence electrons. The molecule has 8 heteroatoms. The van der Waals surface area contributed by atoms with Crippen molar-refractivity contribution in [2.75, 3.05) is 7.11 Å². The number of benzene rings is 2. The molecule has 0 spiro atoms. The van der Waals surface area contributed by atoms with Gasteiger partial charge in [0, 0.05) is 21.4 Å². The van der Waals surface area contributed by atoms with Gasteiger partial charge in [0.2, 0.25) is 11.8 Å². The minimum Gasteiger partial charge on any atom is -0.497 e. The van der Waals surface area contributed by atoms with Gasteiger partial charge in [0.05, 0.1) is 12.8 Å². The van der Waals surface area contributed by atoms with Crippen LogP contribution in [-0.4, -0.2) is 22.3 Å². The molecule has 0 amide bonds. The van der Waals surface area contributed by atoms with E-state index in [0.717, 1.165) is 27.0 Å². The number of ether oxygens (including phenoxy) is 1. The van der Waals surface area contributed by atoms with Crippen LogP contribution in [0.2, 0.25) is 0 Å². The first-order valence-corrected chi connectivity index (χ1v) is 9.80. The van der Waals surface area contributed by atoms with E-state index in [0.29, 0.717) is 22.8 Å². The molecule has 2 aromatic heterocycles. The van der Waals surface area contributed by atoms with Crippen molar-refractivity contribution in [1.82, 2.24) is 15.2 Å². The lowest BCUT2D eigenvalue weighted by Gasteiger charge is -1.99. The number of nitrogens with zero attached hydrogens (tertiary/aromatic N) is 3. The summed E-state index contributed by atoms with van der Waals surface area (Å²) in [7, 11) is 1.63. The second-order valence-electron chi connectivity index (χ2n) is 5.54. The largest absolute Gasteiger partial charge is 0.497 e. The Labute approximate surface area is 168 Å². The van der Waals surface area contributed by atoms with Crippen molar-refractivity contribution in [1.29, 1.82) is 0 Å². The van der Waals surface area contributed by atoms with Gasteiger partial charge in [-0.05, 0) is 42.5 Å². The summed E-state index contributed by atoms with van der Waals surface area (Å²) in [6.45, 7) is 0. The summed E-state index contributed by atoms with van der Waals surface area (Å²) >= 11 is 4.85. The van der Waals surface area contributed by atoms with Gasteiger partial charge in [0.15, 0.2) is 0 Å². The molecule has 0 aliphatic heterocycles. The summed E-state index contributed by atoms with van der Waals surface area (Å²) in [5.74, 6) is 2.41. The molecule has 0 bridgehead atoms. The normalized spacial score (nSPS) is 10.9. The highest BCUT2D eigenvalue weighted by Crippen LogP contribution is 2.28. The highest BCUT2D eigenvalue weighted by atomic mass is 79.9. The van der Waals surface area contributed by atoms with E-state index in [1.165, 1.54) is 11.8 Å². The number of oxazole rings is 1. The van der Waals surface area contributed by atoms with E-state index < -0.39 is 0 Å². The number of aromatic nitrogens is 3. The van der Waals surface area contributed by atoms with E-state index in [1.54, 1.807) is 13.4 Å². The van der Waals surface area contributed by atoms with Gasteiger partial charge in [0.25, 0.3) is 5.22 Å². The van der Waals surface area contributed by atoms with E-state index in [2.05, 4.69) is 31.1 Å². The van der Waals surface area contributed by atoms with Crippen molar-refractivity contribution in [3.05, 3.63) is 65.0 Å². The zero-order valence-electron chi connectivity index (χ0n) is 14.3. The van der Waals surface area contributed by atoms with Gasteiger partial charge >= 0.3 is 0 Å². The third-order valence-corrected chi connectivity index (χ3v) is 5.06. The fourth-order valence-corrected chi connectivity index (χ4v) is 3.42. The maximum atomic E-state index is 5.71. The Balaban J connectivity index is 1.41. The summed E-state index contributed by atoms with van der Waals surface area (Å²) in [6.07, 6.45) is 1.64. The fraction of sp³-hybridized carbons (Fsp3) is 0.105. The van der Waals surface area contributed by atoms with Crippen LogP contribution in [-0.2, 0) is 5.75 Å². The Morgan fingerprint density at radius 1 is 1.04 bits per heavy atom. The van der Waals surface area contributed by atoms with Crippen LogP contribution in [0.15, 0.2) is 73.3 Å². The van der Waals surface area contributed by atoms with Crippen molar-refractivity contribution >= 4 is 27.7 Å². The van der Waals surface area contributed by atoms with E-state index >= 15 is 0 Å². The number of thioether (sulfide) groups is 1. The van der Waals surface area contributed by atoms with Crippen LogP contribution in [0.1, 0.15) is 5.69 Å². The maximum Gasteiger partial charge on any atom is 0.277 e. The Bertz CT molecular complexity index is 1050. The zero-order valence-corrected chi connectivity index (χ0v) is 16.7. The summed E-state index contributed by atoms with van der Waals surface area (Å²) in [5, 5.41) is 8.66. The SMILES string of the molecule is COc1ccc(-c2nc(CSc3nnc(-c4cccc(Br)c4)o3)co2)cc1. The van der Waals surface area contributed by atoms with Crippen molar-refractivity contribution in [2.45, 2.75) is 11.0 Å². The molecule has 6 nitrogen and oxygen atoms in total. The molecule has 0 saturated carbocycles. The van der Waals surface area contributed by atoms with E-state index in [1.807, 2.05) is 48.5 Å². The van der Waals surface area contributed by atoms with Crippen molar-refractivity contribution in [3.8, 4) is 28.7 Å². The first-order valence-electron chi connectivity index (χ1n) is 8.02. The Kier molecular flexibility index (Phi) is 5.26. The van der Waals surface area contributed by atoms with Crippen molar-refractivity contribution in [3.63, 3.8) is 0 Å². The minimum absolute atomic E-state index is 0.484. The molecular weight excluding hydrogens is 430 g/mol. The maximum absolute atomic E-state index is 5.71. The molecule has 0 saturated heterocycles. The average Bonchev–Trinajstić information content (AvgIpc) is 3.36. The van der Waals surface area contributed by atoms with Gasteiger partial charge in [-0.15, -0.1) is 10.2 Å². The van der Waals surface area contributed by atoms with Gasteiger partial charge in [0.1, 0.15) is 12.0 Å². The molecule has 4 rings (SSSR count). The predicted octanol–water partition coefficient (Wildman–Crippen LogP) is 5.46. The van der Waals surface area contributed by atoms with Crippen LogP contribution in [0.4, 0.5) is 0 Å². The highest BCUT2D eigenvalue weighted by molar-refractivity contribution is 9.10. The minimum atomic E-state index is 0.484. The second-order valence-corrected chi connectivity index (χ2v) is 7.39. The first-order chi connectivity index (χ1) is 13.2. The summed E-state index contributed by atoms with van der Waals surface area (Å²) < 4.78 is 17.4. The molecule has 0 atom stereocenters. The third-order valence-electron chi connectivity index (χ3n) is 3.71. The fourth-order valence-electron chi connectivity index (χ4n) is 2.38. The summed E-state index contributed by atoms with van der Waals surface area (Å²) in [5.41, 5.74) is 2.56. The lowest BCUT2D eigenvalue weighted by Crippen LogP contribution is -1.84. The lowest BCUT2D eigenvalue weighted by atomic mass is 10.2. The average molecular weight is 444 g/mol. The first kappa shape index (κ1) is 17.8. The van der Waals surface area contributed by atoms with Gasteiger partial charge < -0.3 is 13.6 Å². The third kappa shape index (κ3) is 4.23. The molecule has 2 heterocycles. The van der Waals surface area contributed by atoms with Gasteiger partial charge in [-0.3, -0.25) is 0 Å². The Hall–Kier alpha value is -2.58. The van der Waals surface area contributed by atoms with Crippen LogP contribution in [0.3, 0.4) is 0 Å². The number of rotatable bonds is 6. The number of halogens is 1. The molecule has 0 fully saturated rings. The highest BCUT2D eigenvalue weighted by Gasteiger charge is 2.12. The van der Waals surface area contributed by atoms with Gasteiger partial charge in [-0.2, -0.15) is 0 Å². The zero-order chi connectivity index (χ0) is 18.6. The molecule has 2 aromatic carbocycles. The topological polar surface area (TPSA) is 74.2 Å². The van der Waals surface area contributed by atoms with Crippen LogP contribution in [0, 0.1) is 0 Å².